The minimum absolute atomic E-state index is 0.0918. The largest absolute Gasteiger partial charge is 0.457 e. The van der Waals surface area contributed by atoms with E-state index in [4.69, 9.17) is 4.74 Å². The Morgan fingerprint density at radius 3 is 1.85 bits per heavy atom. The number of benzene rings is 3. The van der Waals surface area contributed by atoms with Gasteiger partial charge in [0.05, 0.1) is 11.1 Å². The first-order chi connectivity index (χ1) is 12.4. The van der Waals surface area contributed by atoms with Crippen LogP contribution in [0.5, 0.6) is 11.5 Å². The molecule has 0 aliphatic carbocycles. The lowest BCUT2D eigenvalue weighted by molar-refractivity contribution is 0.402. The molecule has 2 nitrogen and oxygen atoms in total. The van der Waals surface area contributed by atoms with Crippen molar-refractivity contribution in [2.24, 2.45) is 0 Å². The zero-order valence-corrected chi connectivity index (χ0v) is 15.9. The van der Waals surface area contributed by atoms with Crippen LogP contribution in [-0.2, 0) is 11.1 Å². The van der Waals surface area contributed by atoms with Crippen LogP contribution in [0.25, 0.3) is 0 Å². The molecule has 0 saturated carbocycles. The van der Waals surface area contributed by atoms with Gasteiger partial charge < -0.3 is 9.64 Å². The Balaban J connectivity index is 1.78. The lowest BCUT2D eigenvalue weighted by Crippen LogP contribution is -2.45. The maximum Gasteiger partial charge on any atom is 0.127 e. The van der Waals surface area contributed by atoms with Crippen molar-refractivity contribution in [1.82, 2.24) is 0 Å². The molecule has 2 heteroatoms. The Morgan fingerprint density at radius 1 is 0.615 bits per heavy atom. The van der Waals surface area contributed by atoms with E-state index < -0.39 is 0 Å². The molecule has 3 aromatic carbocycles. The first-order valence-corrected chi connectivity index (χ1v) is 9.14. The van der Waals surface area contributed by atoms with Crippen molar-refractivity contribution in [3.8, 4) is 11.5 Å². The maximum atomic E-state index is 6.09. The molecule has 26 heavy (non-hydrogen) atoms. The molecule has 1 aliphatic rings. The van der Waals surface area contributed by atoms with Crippen molar-refractivity contribution in [2.75, 3.05) is 4.90 Å². The SMILES string of the molecule is CC1(C)c2ccc(Oc3ccccc3)cc2C(C)(C)N1c1ccccc1. The van der Waals surface area contributed by atoms with Gasteiger partial charge in [0.25, 0.3) is 0 Å². The molecule has 1 heterocycles. The molecule has 132 valence electrons. The molecule has 0 radical (unpaired) electrons. The Labute approximate surface area is 156 Å². The van der Waals surface area contributed by atoms with Crippen LogP contribution in [-0.4, -0.2) is 0 Å². The summed E-state index contributed by atoms with van der Waals surface area (Å²) in [5.41, 5.74) is 3.69. The quantitative estimate of drug-likeness (QED) is 0.540. The molecule has 0 unspecified atom stereocenters. The van der Waals surface area contributed by atoms with Crippen LogP contribution in [0.2, 0.25) is 0 Å². The van der Waals surface area contributed by atoms with Crippen LogP contribution in [0.4, 0.5) is 5.69 Å². The smallest absolute Gasteiger partial charge is 0.127 e. The van der Waals surface area contributed by atoms with Gasteiger partial charge in [-0.05, 0) is 75.2 Å². The number of fused-ring (bicyclic) bond motifs is 1. The molecule has 0 atom stereocenters. The van der Waals surface area contributed by atoms with Gasteiger partial charge in [-0.15, -0.1) is 0 Å². The summed E-state index contributed by atoms with van der Waals surface area (Å²) in [5, 5.41) is 0. The zero-order chi connectivity index (χ0) is 18.4. The van der Waals surface area contributed by atoms with Crippen LogP contribution >= 0.6 is 0 Å². The summed E-state index contributed by atoms with van der Waals surface area (Å²) in [7, 11) is 0. The monoisotopic (exact) mass is 343 g/mol. The normalized spacial score (nSPS) is 17.0. The Bertz CT molecular complexity index is 913. The fourth-order valence-corrected chi connectivity index (χ4v) is 4.41. The van der Waals surface area contributed by atoms with Gasteiger partial charge in [-0.2, -0.15) is 0 Å². The van der Waals surface area contributed by atoms with E-state index in [0.717, 1.165) is 11.5 Å². The predicted molar refractivity (Wildman–Crippen MR) is 108 cm³/mol. The molecule has 0 N–H and O–H groups in total. The van der Waals surface area contributed by atoms with E-state index in [9.17, 15) is 0 Å². The van der Waals surface area contributed by atoms with Gasteiger partial charge >= 0.3 is 0 Å². The second-order valence-electron chi connectivity index (χ2n) is 7.91. The molecule has 3 aromatic rings. The minimum atomic E-state index is -0.129. The van der Waals surface area contributed by atoms with Crippen LogP contribution < -0.4 is 9.64 Å². The highest BCUT2D eigenvalue weighted by molar-refractivity contribution is 5.63. The summed E-state index contributed by atoms with van der Waals surface area (Å²) in [6, 6.07) is 27.1. The molecule has 0 amide bonds. The van der Waals surface area contributed by atoms with Crippen molar-refractivity contribution in [1.29, 1.82) is 0 Å². The summed E-state index contributed by atoms with van der Waals surface area (Å²) in [5.74, 6) is 1.75. The standard InChI is InChI=1S/C24H25NO/c1-23(2)21-16-15-20(26-19-13-9-6-10-14-19)17-22(21)24(3,4)25(23)18-11-7-5-8-12-18/h5-17H,1-4H3. The minimum Gasteiger partial charge on any atom is -0.457 e. The third-order valence-electron chi connectivity index (χ3n) is 5.42. The third-order valence-corrected chi connectivity index (χ3v) is 5.42. The highest BCUT2D eigenvalue weighted by atomic mass is 16.5. The average molecular weight is 343 g/mol. The van der Waals surface area contributed by atoms with E-state index in [1.54, 1.807) is 0 Å². The molecule has 0 bridgehead atoms. The van der Waals surface area contributed by atoms with Gasteiger partial charge in [-0.25, -0.2) is 0 Å². The van der Waals surface area contributed by atoms with Crippen LogP contribution in [0.15, 0.2) is 78.9 Å². The third kappa shape index (κ3) is 2.57. The molecule has 0 fully saturated rings. The Morgan fingerprint density at radius 2 is 1.19 bits per heavy atom. The number of ether oxygens (including phenoxy) is 1. The van der Waals surface area contributed by atoms with Gasteiger partial charge in [0, 0.05) is 5.69 Å². The van der Waals surface area contributed by atoms with Crippen molar-refractivity contribution in [3.63, 3.8) is 0 Å². The second-order valence-corrected chi connectivity index (χ2v) is 7.91. The van der Waals surface area contributed by atoms with Crippen LogP contribution in [0.3, 0.4) is 0 Å². The van der Waals surface area contributed by atoms with E-state index in [2.05, 4.69) is 81.1 Å². The van der Waals surface area contributed by atoms with Gasteiger partial charge in [0.2, 0.25) is 0 Å². The van der Waals surface area contributed by atoms with E-state index in [-0.39, 0.29) is 11.1 Å². The summed E-state index contributed by atoms with van der Waals surface area (Å²) < 4.78 is 6.09. The van der Waals surface area contributed by atoms with Crippen molar-refractivity contribution >= 4 is 5.69 Å². The Hall–Kier alpha value is -2.74. The predicted octanol–water partition coefficient (Wildman–Crippen LogP) is 6.47. The van der Waals surface area contributed by atoms with Gasteiger partial charge in [-0.1, -0.05) is 42.5 Å². The van der Waals surface area contributed by atoms with Crippen LogP contribution in [0, 0.1) is 0 Å². The molecular formula is C24H25NO. The zero-order valence-electron chi connectivity index (χ0n) is 15.9. The second kappa shape index (κ2) is 5.91. The topological polar surface area (TPSA) is 12.5 Å². The summed E-state index contributed by atoms with van der Waals surface area (Å²) in [4.78, 5) is 2.51. The summed E-state index contributed by atoms with van der Waals surface area (Å²) in [6.07, 6.45) is 0. The number of para-hydroxylation sites is 2. The van der Waals surface area contributed by atoms with Gasteiger partial charge in [0.1, 0.15) is 11.5 Å². The van der Waals surface area contributed by atoms with Crippen molar-refractivity contribution in [2.45, 2.75) is 38.8 Å². The molecule has 0 saturated heterocycles. The highest BCUT2D eigenvalue weighted by Crippen LogP contribution is 2.52. The number of hydrogen-bond acceptors (Lipinski definition) is 2. The average Bonchev–Trinajstić information content (AvgIpc) is 2.78. The highest BCUT2D eigenvalue weighted by Gasteiger charge is 2.49. The summed E-state index contributed by atoms with van der Waals surface area (Å²) in [6.45, 7) is 9.18. The fraction of sp³-hybridized carbons (Fsp3) is 0.250. The molecule has 1 aliphatic heterocycles. The van der Waals surface area contributed by atoms with E-state index in [1.165, 1.54) is 16.8 Å². The number of hydrogen-bond donors (Lipinski definition) is 0. The number of nitrogens with zero attached hydrogens (tertiary/aromatic N) is 1. The summed E-state index contributed by atoms with van der Waals surface area (Å²) >= 11 is 0. The fourth-order valence-electron chi connectivity index (χ4n) is 4.41. The maximum absolute atomic E-state index is 6.09. The molecular weight excluding hydrogens is 318 g/mol. The molecule has 0 spiro atoms. The molecule has 0 aromatic heterocycles. The Kier molecular flexibility index (Phi) is 3.80. The van der Waals surface area contributed by atoms with E-state index in [0.29, 0.717) is 0 Å². The van der Waals surface area contributed by atoms with Gasteiger partial charge in [-0.3, -0.25) is 0 Å². The first-order valence-electron chi connectivity index (χ1n) is 9.14. The van der Waals surface area contributed by atoms with Crippen molar-refractivity contribution in [3.05, 3.63) is 90.0 Å². The van der Waals surface area contributed by atoms with Crippen LogP contribution in [0.1, 0.15) is 38.8 Å². The van der Waals surface area contributed by atoms with Gasteiger partial charge in [0.15, 0.2) is 0 Å². The number of anilines is 1. The lowest BCUT2D eigenvalue weighted by atomic mass is 9.90. The van der Waals surface area contributed by atoms with E-state index >= 15 is 0 Å². The van der Waals surface area contributed by atoms with E-state index in [1.807, 2.05) is 30.3 Å². The number of rotatable bonds is 3. The first kappa shape index (κ1) is 16.7. The molecule has 4 rings (SSSR count). The lowest BCUT2D eigenvalue weighted by Gasteiger charge is -2.43. The van der Waals surface area contributed by atoms with Crippen molar-refractivity contribution < 1.29 is 4.74 Å².